The first-order chi connectivity index (χ1) is 8.18. The van der Waals surface area contributed by atoms with Crippen molar-refractivity contribution in [1.82, 2.24) is 5.32 Å². The fourth-order valence-electron chi connectivity index (χ4n) is 2.27. The summed E-state index contributed by atoms with van der Waals surface area (Å²) in [7, 11) is -1.30. The molecule has 3 atom stereocenters. The van der Waals surface area contributed by atoms with Crippen LogP contribution in [0.2, 0.25) is 13.1 Å². The number of β-lactam (4-membered cyclic amide) rings is 1. The van der Waals surface area contributed by atoms with Crippen LogP contribution in [0.15, 0.2) is 0 Å². The number of hydrogen-bond donors (Lipinski definition) is 1. The topological polar surface area (TPSA) is 64.6 Å². The summed E-state index contributed by atoms with van der Waals surface area (Å²) in [5.41, 5.74) is -0.581. The lowest BCUT2D eigenvalue weighted by molar-refractivity contribution is -0.185. The van der Waals surface area contributed by atoms with Crippen LogP contribution >= 0.6 is 0 Å². The van der Waals surface area contributed by atoms with Crippen LogP contribution in [0.4, 0.5) is 0 Å². The number of carbonyl (C=O) groups is 2. The molecule has 5 nitrogen and oxygen atoms in total. The minimum atomic E-state index is -1.30. The van der Waals surface area contributed by atoms with Gasteiger partial charge in [0.25, 0.3) is 0 Å². The summed E-state index contributed by atoms with van der Waals surface area (Å²) in [5, 5.41) is 2.61. The molecule has 0 radical (unpaired) electrons. The van der Waals surface area contributed by atoms with Crippen molar-refractivity contribution in [2.45, 2.75) is 52.6 Å². The van der Waals surface area contributed by atoms with Crippen LogP contribution in [0.3, 0.4) is 0 Å². The van der Waals surface area contributed by atoms with Crippen molar-refractivity contribution in [1.29, 1.82) is 0 Å². The maximum atomic E-state index is 11.8. The minimum Gasteiger partial charge on any atom is -0.441 e. The first-order valence-electron chi connectivity index (χ1n) is 6.34. The molecule has 1 fully saturated rings. The number of hydrogen-bond acceptors (Lipinski definition) is 4. The fraction of sp³-hybridized carbons (Fsp3) is 0.833. The minimum absolute atomic E-state index is 0.105. The molecule has 1 amide bonds. The molecule has 0 aliphatic carbocycles. The molecule has 0 aromatic heterocycles. The molecule has 2 unspecified atom stereocenters. The Hall–Kier alpha value is -0.883. The van der Waals surface area contributed by atoms with E-state index in [1.807, 2.05) is 20.8 Å². The van der Waals surface area contributed by atoms with Crippen LogP contribution in [-0.2, 0) is 18.8 Å². The Morgan fingerprint density at radius 1 is 1.44 bits per heavy atom. The second-order valence-electron chi connectivity index (χ2n) is 5.52. The third-order valence-corrected chi connectivity index (χ3v) is 4.40. The number of carbonyl (C=O) groups excluding carboxylic acids is 2. The van der Waals surface area contributed by atoms with E-state index in [-0.39, 0.29) is 11.8 Å². The smallest absolute Gasteiger partial charge is 0.304 e. The van der Waals surface area contributed by atoms with E-state index < -0.39 is 32.8 Å². The van der Waals surface area contributed by atoms with Crippen LogP contribution < -0.4 is 5.32 Å². The Kier molecular flexibility index (Phi) is 4.55. The van der Waals surface area contributed by atoms with Gasteiger partial charge >= 0.3 is 5.97 Å². The standard InChI is InChI=1S/C12H23NO4Si/c1-7(2)12(4,17-18(5)6)9-10(15)13-11(9)16-8(3)14/h7,9,11,18H,1-6H3,(H,13,15)/t9?,11?,12-/m1/s1. The lowest BCUT2D eigenvalue weighted by Gasteiger charge is -2.49. The van der Waals surface area contributed by atoms with Gasteiger partial charge in [0.15, 0.2) is 15.3 Å². The zero-order chi connectivity index (χ0) is 14.1. The summed E-state index contributed by atoms with van der Waals surface area (Å²) < 4.78 is 11.2. The van der Waals surface area contributed by atoms with Gasteiger partial charge in [-0.2, -0.15) is 0 Å². The van der Waals surface area contributed by atoms with Gasteiger partial charge in [0.1, 0.15) is 5.92 Å². The second-order valence-corrected chi connectivity index (χ2v) is 7.85. The summed E-state index contributed by atoms with van der Waals surface area (Å²) >= 11 is 0. The first kappa shape index (κ1) is 15.2. The number of rotatable bonds is 5. The van der Waals surface area contributed by atoms with Crippen molar-refractivity contribution < 1.29 is 18.8 Å². The van der Waals surface area contributed by atoms with Crippen molar-refractivity contribution in [3.05, 3.63) is 0 Å². The molecule has 1 N–H and O–H groups in total. The van der Waals surface area contributed by atoms with Crippen molar-refractivity contribution in [2.24, 2.45) is 11.8 Å². The zero-order valence-corrected chi connectivity index (χ0v) is 13.1. The third kappa shape index (κ3) is 2.92. The predicted octanol–water partition coefficient (Wildman–Crippen LogP) is 1.04. The van der Waals surface area contributed by atoms with Crippen LogP contribution in [0.5, 0.6) is 0 Å². The molecule has 104 valence electrons. The van der Waals surface area contributed by atoms with Crippen LogP contribution in [-0.4, -0.2) is 32.7 Å². The maximum absolute atomic E-state index is 11.8. The summed E-state index contributed by atoms with van der Waals surface area (Å²) in [6.07, 6.45) is -0.560. The lowest BCUT2D eigenvalue weighted by atomic mass is 9.75. The van der Waals surface area contributed by atoms with Crippen LogP contribution in [0, 0.1) is 11.8 Å². The Labute approximate surface area is 110 Å². The molecule has 0 aromatic rings. The normalized spacial score (nSPS) is 26.6. The SMILES string of the molecule is CC(=O)OC1NC(=O)C1[C@](C)(O[SiH](C)C)C(C)C. The number of ether oxygens (including phenoxy) is 1. The fourth-order valence-corrected chi connectivity index (χ4v) is 3.70. The molecule has 1 saturated heterocycles. The highest BCUT2D eigenvalue weighted by atomic mass is 28.3. The number of amides is 1. The van der Waals surface area contributed by atoms with E-state index in [9.17, 15) is 9.59 Å². The van der Waals surface area contributed by atoms with E-state index in [2.05, 4.69) is 18.4 Å². The molecule has 1 aliphatic heterocycles. The molecule has 0 saturated carbocycles. The zero-order valence-electron chi connectivity index (χ0n) is 11.9. The average molecular weight is 273 g/mol. The van der Waals surface area contributed by atoms with Gasteiger partial charge in [-0.25, -0.2) is 0 Å². The molecule has 0 aromatic carbocycles. The quantitative estimate of drug-likeness (QED) is 0.462. The molecule has 0 spiro atoms. The van der Waals surface area contributed by atoms with Crippen LogP contribution in [0.1, 0.15) is 27.7 Å². The number of nitrogens with one attached hydrogen (secondary N) is 1. The molecule has 1 aliphatic rings. The first-order valence-corrected chi connectivity index (χ1v) is 9.12. The van der Waals surface area contributed by atoms with Gasteiger partial charge in [0, 0.05) is 6.92 Å². The third-order valence-electron chi connectivity index (χ3n) is 3.42. The van der Waals surface area contributed by atoms with Crippen molar-refractivity contribution in [3.8, 4) is 0 Å². The number of esters is 1. The molecule has 1 rings (SSSR count). The molecular weight excluding hydrogens is 250 g/mol. The van der Waals surface area contributed by atoms with Crippen molar-refractivity contribution in [2.75, 3.05) is 0 Å². The summed E-state index contributed by atoms with van der Waals surface area (Å²) in [4.78, 5) is 22.8. The monoisotopic (exact) mass is 273 g/mol. The molecule has 1 heterocycles. The maximum Gasteiger partial charge on any atom is 0.304 e. The van der Waals surface area contributed by atoms with Gasteiger partial charge in [-0.05, 0) is 25.9 Å². The van der Waals surface area contributed by atoms with E-state index in [0.717, 1.165) is 0 Å². The van der Waals surface area contributed by atoms with Crippen LogP contribution in [0.25, 0.3) is 0 Å². The van der Waals surface area contributed by atoms with Crippen molar-refractivity contribution >= 4 is 20.9 Å². The predicted molar refractivity (Wildman–Crippen MR) is 70.4 cm³/mol. The van der Waals surface area contributed by atoms with Gasteiger partial charge in [-0.3, -0.25) is 9.59 Å². The Morgan fingerprint density at radius 3 is 2.33 bits per heavy atom. The molecular formula is C12H23NO4Si. The van der Waals surface area contributed by atoms with Gasteiger partial charge in [-0.1, -0.05) is 13.8 Å². The lowest BCUT2D eigenvalue weighted by Crippen LogP contribution is -2.69. The van der Waals surface area contributed by atoms with E-state index >= 15 is 0 Å². The highest BCUT2D eigenvalue weighted by Gasteiger charge is 2.55. The van der Waals surface area contributed by atoms with E-state index in [1.165, 1.54) is 6.92 Å². The highest BCUT2D eigenvalue weighted by molar-refractivity contribution is 6.48. The molecule has 6 heteroatoms. The van der Waals surface area contributed by atoms with Gasteiger partial charge < -0.3 is 14.5 Å². The summed E-state index contributed by atoms with van der Waals surface area (Å²) in [5.74, 6) is -0.747. The summed E-state index contributed by atoms with van der Waals surface area (Å²) in [6, 6.07) is 0. The largest absolute Gasteiger partial charge is 0.441 e. The Morgan fingerprint density at radius 2 is 2.00 bits per heavy atom. The van der Waals surface area contributed by atoms with E-state index in [4.69, 9.17) is 9.16 Å². The Bertz CT molecular complexity index is 345. The highest BCUT2D eigenvalue weighted by Crippen LogP contribution is 2.37. The Balaban J connectivity index is 2.90. The van der Waals surface area contributed by atoms with Gasteiger partial charge in [0.2, 0.25) is 5.91 Å². The molecule has 0 bridgehead atoms. The van der Waals surface area contributed by atoms with Crippen molar-refractivity contribution in [3.63, 3.8) is 0 Å². The van der Waals surface area contributed by atoms with E-state index in [0.29, 0.717) is 0 Å². The molecule has 18 heavy (non-hydrogen) atoms. The average Bonchev–Trinajstić information content (AvgIpc) is 2.13. The summed E-state index contributed by atoms with van der Waals surface area (Å²) in [6.45, 7) is 11.5. The van der Waals surface area contributed by atoms with Gasteiger partial charge in [0.05, 0.1) is 5.60 Å². The van der Waals surface area contributed by atoms with Gasteiger partial charge in [-0.15, -0.1) is 0 Å². The second kappa shape index (κ2) is 5.40. The van der Waals surface area contributed by atoms with E-state index in [1.54, 1.807) is 0 Å².